The van der Waals surface area contributed by atoms with Crippen molar-refractivity contribution in [2.45, 2.75) is 32.8 Å². The lowest BCUT2D eigenvalue weighted by Gasteiger charge is -2.19. The molecule has 0 spiro atoms. The monoisotopic (exact) mass is 222 g/mol. The minimum absolute atomic E-state index is 0.315. The summed E-state index contributed by atoms with van der Waals surface area (Å²) in [5, 5.41) is 0. The van der Waals surface area contributed by atoms with Crippen molar-refractivity contribution in [3.8, 4) is 0 Å². The molecule has 1 aliphatic rings. The number of rotatable bonds is 5. The summed E-state index contributed by atoms with van der Waals surface area (Å²) in [6.07, 6.45) is 0.737. The lowest BCUT2D eigenvalue weighted by atomic mass is 10.0. The molecule has 0 bridgehead atoms. The van der Waals surface area contributed by atoms with Gasteiger partial charge in [-0.05, 0) is 26.7 Å². The molecule has 0 aromatic carbocycles. The zero-order valence-electron chi connectivity index (χ0n) is 8.19. The molecule has 1 N–H and O–H groups in total. The Bertz CT molecular complexity index is 248. The summed E-state index contributed by atoms with van der Waals surface area (Å²) in [4.78, 5) is 11.5. The Morgan fingerprint density at radius 1 is 1.64 bits per heavy atom. The molecule has 0 amide bonds. The quantitative estimate of drug-likeness (QED) is 0.552. The summed E-state index contributed by atoms with van der Waals surface area (Å²) in [5.41, 5.74) is -0.686. The van der Waals surface area contributed by atoms with E-state index < -0.39 is 22.9 Å². The van der Waals surface area contributed by atoms with Crippen LogP contribution in [0.15, 0.2) is 0 Å². The molecule has 14 heavy (non-hydrogen) atoms. The molecular weight excluding hydrogens is 208 g/mol. The summed E-state index contributed by atoms with van der Waals surface area (Å²) in [6.45, 7) is 3.65. The average molecular weight is 222 g/mol. The highest BCUT2D eigenvalue weighted by Crippen LogP contribution is 2.51. The number of hydrogen-bond donors (Lipinski definition) is 1. The molecule has 2 atom stereocenters. The molecule has 0 radical (unpaired) electrons. The Morgan fingerprint density at radius 2 is 2.21 bits per heavy atom. The fourth-order valence-corrected chi connectivity index (χ4v) is 1.83. The highest BCUT2D eigenvalue weighted by atomic mass is 32.2. The second-order valence-corrected chi connectivity index (χ2v) is 3.96. The summed E-state index contributed by atoms with van der Waals surface area (Å²) >= 11 is -2.33. The van der Waals surface area contributed by atoms with Crippen LogP contribution < -0.4 is 0 Å². The first kappa shape index (κ1) is 11.6. The van der Waals surface area contributed by atoms with Crippen LogP contribution in [0.4, 0.5) is 0 Å². The van der Waals surface area contributed by atoms with Gasteiger partial charge in [-0.3, -0.25) is 13.5 Å². The lowest BCUT2D eigenvalue weighted by molar-refractivity contribution is -0.153. The first-order valence-corrected chi connectivity index (χ1v) is 5.51. The largest absolute Gasteiger partial charge is 0.465 e. The zero-order valence-corrected chi connectivity index (χ0v) is 9.00. The van der Waals surface area contributed by atoms with Crippen molar-refractivity contribution >= 4 is 17.3 Å². The molecule has 0 aromatic rings. The number of esters is 1. The maximum absolute atomic E-state index is 11.5. The molecule has 0 aliphatic heterocycles. The SMILES string of the molecule is CCOC(=O)C1(C(C)OS(=O)O)CC1. The van der Waals surface area contributed by atoms with Crippen LogP contribution in [-0.4, -0.2) is 27.4 Å². The summed E-state index contributed by atoms with van der Waals surface area (Å²) in [5.74, 6) is -0.335. The van der Waals surface area contributed by atoms with Crippen LogP contribution in [0.1, 0.15) is 26.7 Å². The van der Waals surface area contributed by atoms with Crippen LogP contribution in [0, 0.1) is 5.41 Å². The highest BCUT2D eigenvalue weighted by Gasteiger charge is 2.56. The van der Waals surface area contributed by atoms with E-state index in [0.717, 1.165) is 0 Å². The lowest BCUT2D eigenvalue weighted by Crippen LogP contribution is -2.32. The topological polar surface area (TPSA) is 72.8 Å². The van der Waals surface area contributed by atoms with Gasteiger partial charge in [-0.2, -0.15) is 4.21 Å². The maximum atomic E-state index is 11.5. The summed E-state index contributed by atoms with van der Waals surface area (Å²) in [7, 11) is 0. The van der Waals surface area contributed by atoms with Crippen LogP contribution in [0.2, 0.25) is 0 Å². The van der Waals surface area contributed by atoms with Crippen LogP contribution in [0.5, 0.6) is 0 Å². The van der Waals surface area contributed by atoms with Crippen LogP contribution in [0.3, 0.4) is 0 Å². The van der Waals surface area contributed by atoms with E-state index in [1.165, 1.54) is 0 Å². The Balaban J connectivity index is 2.56. The summed E-state index contributed by atoms with van der Waals surface area (Å²) < 4.78 is 28.5. The van der Waals surface area contributed by atoms with E-state index in [1.807, 2.05) is 0 Å². The van der Waals surface area contributed by atoms with Crippen molar-refractivity contribution in [3.63, 3.8) is 0 Å². The van der Waals surface area contributed by atoms with Gasteiger partial charge in [0.15, 0.2) is 0 Å². The van der Waals surface area contributed by atoms with Crippen molar-refractivity contribution in [3.05, 3.63) is 0 Å². The molecule has 1 saturated carbocycles. The van der Waals surface area contributed by atoms with E-state index >= 15 is 0 Å². The molecule has 0 saturated heterocycles. The van der Waals surface area contributed by atoms with Gasteiger partial charge >= 0.3 is 17.3 Å². The van der Waals surface area contributed by atoms with Crippen molar-refractivity contribution in [2.24, 2.45) is 5.41 Å². The van der Waals surface area contributed by atoms with Gasteiger partial charge < -0.3 is 4.74 Å². The number of hydrogen-bond acceptors (Lipinski definition) is 4. The van der Waals surface area contributed by atoms with Gasteiger partial charge in [-0.15, -0.1) is 0 Å². The van der Waals surface area contributed by atoms with Crippen molar-refractivity contribution in [1.82, 2.24) is 0 Å². The van der Waals surface area contributed by atoms with Gasteiger partial charge in [0.1, 0.15) is 0 Å². The second-order valence-electron chi connectivity index (χ2n) is 3.33. The molecule has 1 fully saturated rings. The van der Waals surface area contributed by atoms with Crippen LogP contribution in [0.25, 0.3) is 0 Å². The first-order valence-electron chi connectivity index (χ1n) is 4.48. The molecule has 0 heterocycles. The number of ether oxygens (including phenoxy) is 1. The normalized spacial score (nSPS) is 22.5. The Kier molecular flexibility index (Phi) is 3.63. The number of carbonyl (C=O) groups is 1. The third kappa shape index (κ3) is 2.31. The van der Waals surface area contributed by atoms with Crippen molar-refractivity contribution in [2.75, 3.05) is 6.61 Å². The fourth-order valence-electron chi connectivity index (χ4n) is 1.40. The van der Waals surface area contributed by atoms with E-state index in [2.05, 4.69) is 4.18 Å². The molecule has 82 valence electrons. The smallest absolute Gasteiger partial charge is 0.314 e. The minimum Gasteiger partial charge on any atom is -0.465 e. The molecule has 1 aliphatic carbocycles. The molecule has 2 unspecified atom stereocenters. The number of carbonyl (C=O) groups excluding carboxylic acids is 1. The second kappa shape index (κ2) is 4.37. The molecule has 0 aromatic heterocycles. The van der Waals surface area contributed by atoms with Gasteiger partial charge in [0.2, 0.25) is 0 Å². The minimum atomic E-state index is -2.33. The predicted molar refractivity (Wildman–Crippen MR) is 49.6 cm³/mol. The first-order chi connectivity index (χ1) is 6.53. The molecular formula is C8H14O5S. The van der Waals surface area contributed by atoms with E-state index in [-0.39, 0.29) is 5.97 Å². The molecule has 6 heteroatoms. The van der Waals surface area contributed by atoms with Gasteiger partial charge in [0.25, 0.3) is 0 Å². The van der Waals surface area contributed by atoms with E-state index in [1.54, 1.807) is 13.8 Å². The van der Waals surface area contributed by atoms with Gasteiger partial charge in [0.05, 0.1) is 18.1 Å². The van der Waals surface area contributed by atoms with Crippen LogP contribution >= 0.6 is 0 Å². The van der Waals surface area contributed by atoms with Crippen molar-refractivity contribution < 1.29 is 22.5 Å². The molecule has 1 rings (SSSR count). The van der Waals surface area contributed by atoms with Gasteiger partial charge in [-0.1, -0.05) is 0 Å². The molecule has 5 nitrogen and oxygen atoms in total. The van der Waals surface area contributed by atoms with E-state index in [4.69, 9.17) is 9.29 Å². The Hall–Kier alpha value is -0.460. The standard InChI is InChI=1S/C8H14O5S/c1-3-12-7(9)8(4-5-8)6(2)13-14(10)11/h6H,3-5H2,1-2H3,(H,10,11). The Morgan fingerprint density at radius 3 is 2.57 bits per heavy atom. The third-order valence-electron chi connectivity index (χ3n) is 2.48. The fraction of sp³-hybridized carbons (Fsp3) is 0.875. The van der Waals surface area contributed by atoms with E-state index in [0.29, 0.717) is 19.4 Å². The highest BCUT2D eigenvalue weighted by molar-refractivity contribution is 7.74. The zero-order chi connectivity index (χ0) is 10.8. The Labute approximate surface area is 85.3 Å². The van der Waals surface area contributed by atoms with Gasteiger partial charge in [0, 0.05) is 0 Å². The average Bonchev–Trinajstić information content (AvgIpc) is 2.83. The predicted octanol–water partition coefficient (Wildman–Crippen LogP) is 0.871. The van der Waals surface area contributed by atoms with Crippen LogP contribution in [-0.2, 0) is 25.1 Å². The van der Waals surface area contributed by atoms with Crippen molar-refractivity contribution in [1.29, 1.82) is 0 Å². The van der Waals surface area contributed by atoms with E-state index in [9.17, 15) is 9.00 Å². The maximum Gasteiger partial charge on any atom is 0.314 e. The third-order valence-corrected chi connectivity index (χ3v) is 2.93. The van der Waals surface area contributed by atoms with Gasteiger partial charge in [-0.25, -0.2) is 0 Å². The summed E-state index contributed by atoms with van der Waals surface area (Å²) in [6, 6.07) is 0.